The van der Waals surface area contributed by atoms with Gasteiger partial charge in [0.2, 0.25) is 0 Å². The lowest BCUT2D eigenvalue weighted by Crippen LogP contribution is -2.32. The number of aliphatic hydroxyl groups is 1. The van der Waals surface area contributed by atoms with E-state index in [-0.39, 0.29) is 5.76 Å². The molecule has 31 heavy (non-hydrogen) atoms. The van der Waals surface area contributed by atoms with Gasteiger partial charge in [-0.25, -0.2) is 4.79 Å². The van der Waals surface area contributed by atoms with E-state index in [2.05, 4.69) is 5.32 Å². The fraction of sp³-hybridized carbons (Fsp3) is 0.440. The maximum Gasteiger partial charge on any atom is 0.407 e. The molecule has 0 unspecified atom stereocenters. The van der Waals surface area contributed by atoms with Crippen molar-refractivity contribution in [2.75, 3.05) is 0 Å². The second-order valence-corrected chi connectivity index (χ2v) is 9.11. The van der Waals surface area contributed by atoms with Crippen molar-refractivity contribution in [1.29, 1.82) is 0 Å². The Bertz CT molecular complexity index is 881. The van der Waals surface area contributed by atoms with Crippen molar-refractivity contribution in [3.05, 3.63) is 64.8 Å². The van der Waals surface area contributed by atoms with Gasteiger partial charge in [-0.3, -0.25) is 0 Å². The molecule has 0 aliphatic rings. The predicted molar refractivity (Wildman–Crippen MR) is 123 cm³/mol. The SMILES string of the molecule is C/C(O)=C(\C=C(/C)O/C(C)=C/C(C)(C)C=O)c1cccc(CNC(=O)OC(C)(C)C)c1. The first kappa shape index (κ1) is 26.0. The molecule has 0 aliphatic carbocycles. The summed E-state index contributed by atoms with van der Waals surface area (Å²) in [5.74, 6) is 1.29. The van der Waals surface area contributed by atoms with E-state index in [0.717, 1.165) is 17.4 Å². The first-order valence-electron chi connectivity index (χ1n) is 10.2. The molecule has 2 N–H and O–H groups in total. The van der Waals surface area contributed by atoms with Crippen LogP contribution in [-0.2, 0) is 20.8 Å². The Labute approximate surface area is 185 Å². The molecule has 0 radical (unpaired) electrons. The van der Waals surface area contributed by atoms with E-state index in [1.165, 1.54) is 0 Å². The van der Waals surface area contributed by atoms with Crippen molar-refractivity contribution in [2.45, 2.75) is 67.5 Å². The largest absolute Gasteiger partial charge is 0.512 e. The maximum absolute atomic E-state index is 11.9. The van der Waals surface area contributed by atoms with Crippen molar-refractivity contribution in [1.82, 2.24) is 5.32 Å². The van der Waals surface area contributed by atoms with Gasteiger partial charge in [-0.05, 0) is 84.7 Å². The summed E-state index contributed by atoms with van der Waals surface area (Å²) in [5.41, 5.74) is 1.05. The Morgan fingerprint density at radius 3 is 2.29 bits per heavy atom. The highest BCUT2D eigenvalue weighted by Gasteiger charge is 2.16. The quantitative estimate of drug-likeness (QED) is 0.298. The van der Waals surface area contributed by atoms with Gasteiger partial charge in [0, 0.05) is 17.5 Å². The zero-order chi connectivity index (χ0) is 23.8. The van der Waals surface area contributed by atoms with Crippen LogP contribution in [0, 0.1) is 5.41 Å². The topological polar surface area (TPSA) is 84.9 Å². The van der Waals surface area contributed by atoms with Crippen LogP contribution in [0.3, 0.4) is 0 Å². The summed E-state index contributed by atoms with van der Waals surface area (Å²) in [4.78, 5) is 23.0. The first-order valence-corrected chi connectivity index (χ1v) is 10.2. The molecule has 1 aromatic carbocycles. The zero-order valence-electron chi connectivity index (χ0n) is 19.8. The van der Waals surface area contributed by atoms with Crippen molar-refractivity contribution in [3.63, 3.8) is 0 Å². The number of hydrogen-bond donors (Lipinski definition) is 2. The molecule has 0 heterocycles. The number of alkyl carbamates (subject to hydrolysis) is 1. The molecule has 0 aliphatic heterocycles. The number of aldehydes is 1. The predicted octanol–water partition coefficient (Wildman–Crippen LogP) is 6.05. The Kier molecular flexibility index (Phi) is 9.10. The van der Waals surface area contributed by atoms with Crippen molar-refractivity contribution in [3.8, 4) is 0 Å². The molecule has 0 fully saturated rings. The highest BCUT2D eigenvalue weighted by Crippen LogP contribution is 2.24. The zero-order valence-corrected chi connectivity index (χ0v) is 19.8. The van der Waals surface area contributed by atoms with Gasteiger partial charge >= 0.3 is 6.09 Å². The van der Waals surface area contributed by atoms with Crippen LogP contribution in [0.1, 0.15) is 66.5 Å². The van der Waals surface area contributed by atoms with E-state index in [0.29, 0.717) is 23.6 Å². The van der Waals surface area contributed by atoms with Crippen molar-refractivity contribution in [2.24, 2.45) is 5.41 Å². The minimum absolute atomic E-state index is 0.134. The van der Waals surface area contributed by atoms with Gasteiger partial charge in [0.15, 0.2) is 0 Å². The standard InChI is InChI=1S/C25H35NO5/c1-17(30-18(2)14-25(7,8)16-27)12-22(19(3)28)21-11-9-10-20(13-21)15-26-23(29)31-24(4,5)6/h9-14,16,28H,15H2,1-8H3,(H,26,29)/b17-12+,18-14+,22-19-. The number of amides is 1. The summed E-state index contributed by atoms with van der Waals surface area (Å²) < 4.78 is 11.0. The average Bonchev–Trinajstić information content (AvgIpc) is 2.62. The number of benzene rings is 1. The van der Waals surface area contributed by atoms with E-state index in [1.807, 2.05) is 45.0 Å². The smallest absolute Gasteiger partial charge is 0.407 e. The molecule has 0 saturated heterocycles. The van der Waals surface area contributed by atoms with Crippen LogP contribution in [-0.4, -0.2) is 23.1 Å². The van der Waals surface area contributed by atoms with Gasteiger partial charge in [-0.2, -0.15) is 0 Å². The minimum atomic E-state index is -0.620. The molecule has 0 bridgehead atoms. The van der Waals surface area contributed by atoms with Crippen LogP contribution in [0.5, 0.6) is 0 Å². The Hall–Kier alpha value is -3.02. The van der Waals surface area contributed by atoms with Crippen LogP contribution in [0.4, 0.5) is 4.79 Å². The van der Waals surface area contributed by atoms with Gasteiger partial charge in [0.05, 0.1) is 11.5 Å². The molecular formula is C25H35NO5. The van der Waals surface area contributed by atoms with E-state index < -0.39 is 17.1 Å². The summed E-state index contributed by atoms with van der Waals surface area (Å²) in [6, 6.07) is 7.49. The van der Waals surface area contributed by atoms with Crippen molar-refractivity contribution < 1.29 is 24.2 Å². The molecule has 0 aromatic heterocycles. The van der Waals surface area contributed by atoms with E-state index >= 15 is 0 Å². The molecule has 1 aromatic rings. The van der Waals surface area contributed by atoms with Crippen LogP contribution in [0.25, 0.3) is 5.57 Å². The normalized spacial score (nSPS) is 13.9. The molecule has 6 heteroatoms. The molecule has 1 rings (SSSR count). The number of carbonyl (C=O) groups excluding carboxylic acids is 2. The average molecular weight is 430 g/mol. The fourth-order valence-corrected chi connectivity index (χ4v) is 2.81. The monoisotopic (exact) mass is 429 g/mol. The first-order chi connectivity index (χ1) is 14.2. The molecule has 0 atom stereocenters. The van der Waals surface area contributed by atoms with E-state index in [4.69, 9.17) is 9.47 Å². The third-order valence-electron chi connectivity index (χ3n) is 4.01. The lowest BCUT2D eigenvalue weighted by atomic mass is 9.95. The minimum Gasteiger partial charge on any atom is -0.512 e. The Morgan fingerprint density at radius 1 is 1.10 bits per heavy atom. The molecule has 1 amide bonds. The van der Waals surface area contributed by atoms with Gasteiger partial charge < -0.3 is 24.7 Å². The fourth-order valence-electron chi connectivity index (χ4n) is 2.81. The lowest BCUT2D eigenvalue weighted by molar-refractivity contribution is -0.112. The summed E-state index contributed by atoms with van der Waals surface area (Å²) in [5, 5.41) is 13.0. The number of nitrogens with one attached hydrogen (secondary N) is 1. The summed E-state index contributed by atoms with van der Waals surface area (Å²) in [6.07, 6.45) is 3.85. The third-order valence-corrected chi connectivity index (χ3v) is 4.01. The Balaban J connectivity index is 3.01. The molecule has 6 nitrogen and oxygen atoms in total. The molecule has 0 saturated carbocycles. The van der Waals surface area contributed by atoms with Gasteiger partial charge in [0.25, 0.3) is 0 Å². The van der Waals surface area contributed by atoms with Crippen molar-refractivity contribution >= 4 is 18.0 Å². The highest BCUT2D eigenvalue weighted by atomic mass is 16.6. The number of allylic oxidation sites excluding steroid dienone is 6. The van der Waals surface area contributed by atoms with Crippen LogP contribution < -0.4 is 5.32 Å². The summed E-state index contributed by atoms with van der Waals surface area (Å²) in [6.45, 7) is 14.5. The van der Waals surface area contributed by atoms with E-state index in [9.17, 15) is 14.7 Å². The summed E-state index contributed by atoms with van der Waals surface area (Å²) >= 11 is 0. The number of ether oxygens (including phenoxy) is 2. The highest BCUT2D eigenvalue weighted by molar-refractivity contribution is 5.76. The van der Waals surface area contributed by atoms with Crippen LogP contribution >= 0.6 is 0 Å². The number of aliphatic hydroxyl groups excluding tert-OH is 1. The molecule has 170 valence electrons. The Morgan fingerprint density at radius 2 is 1.74 bits per heavy atom. The van der Waals surface area contributed by atoms with Gasteiger partial charge in [-0.1, -0.05) is 18.2 Å². The number of rotatable bonds is 8. The van der Waals surface area contributed by atoms with Crippen LogP contribution in [0.15, 0.2) is 53.7 Å². The van der Waals surface area contributed by atoms with Gasteiger partial charge in [0.1, 0.15) is 17.6 Å². The summed E-state index contributed by atoms with van der Waals surface area (Å²) in [7, 11) is 0. The van der Waals surface area contributed by atoms with Crippen LogP contribution in [0.2, 0.25) is 0 Å². The van der Waals surface area contributed by atoms with E-state index in [1.54, 1.807) is 46.8 Å². The number of hydrogen-bond acceptors (Lipinski definition) is 5. The second-order valence-electron chi connectivity index (χ2n) is 9.11. The lowest BCUT2D eigenvalue weighted by Gasteiger charge is -2.19. The van der Waals surface area contributed by atoms with Gasteiger partial charge in [-0.15, -0.1) is 0 Å². The number of carbonyl (C=O) groups is 2. The second kappa shape index (κ2) is 10.8. The molecule has 0 spiro atoms. The maximum atomic E-state index is 11.9. The third kappa shape index (κ3) is 10.0. The molecular weight excluding hydrogens is 394 g/mol.